The summed E-state index contributed by atoms with van der Waals surface area (Å²) >= 11 is 0. The number of nitrogens with zero attached hydrogens (tertiary/aromatic N) is 1. The molecule has 1 aromatic carbocycles. The van der Waals surface area contributed by atoms with Gasteiger partial charge in [-0.3, -0.25) is 4.99 Å². The first kappa shape index (κ1) is 13.5. The second kappa shape index (κ2) is 6.89. The zero-order valence-electron chi connectivity index (χ0n) is 11.0. The van der Waals surface area contributed by atoms with E-state index in [0.717, 1.165) is 13.1 Å². The lowest BCUT2D eigenvalue weighted by Gasteiger charge is -2.14. The summed E-state index contributed by atoms with van der Waals surface area (Å²) in [5, 5.41) is 3.48. The Morgan fingerprint density at radius 2 is 2.18 bits per heavy atom. The van der Waals surface area contributed by atoms with Crippen LogP contribution in [-0.2, 0) is 0 Å². The molecule has 2 nitrogen and oxygen atoms in total. The van der Waals surface area contributed by atoms with Crippen LogP contribution in [0.5, 0.6) is 0 Å². The van der Waals surface area contributed by atoms with Gasteiger partial charge >= 0.3 is 0 Å². The van der Waals surface area contributed by atoms with E-state index in [2.05, 4.69) is 55.9 Å². The Labute approximate surface area is 104 Å². The Hall–Kier alpha value is -1.57. The van der Waals surface area contributed by atoms with Gasteiger partial charge in [0.05, 0.1) is 0 Å². The van der Waals surface area contributed by atoms with Crippen LogP contribution in [-0.4, -0.2) is 19.3 Å². The van der Waals surface area contributed by atoms with Crippen molar-refractivity contribution in [3.8, 4) is 0 Å². The highest BCUT2D eigenvalue weighted by atomic mass is 14.9. The predicted octanol–water partition coefficient (Wildman–Crippen LogP) is 3.61. The second-order valence-electron chi connectivity index (χ2n) is 4.48. The van der Waals surface area contributed by atoms with Gasteiger partial charge in [0.15, 0.2) is 0 Å². The summed E-state index contributed by atoms with van der Waals surface area (Å²) in [6.45, 7) is 11.9. The topological polar surface area (TPSA) is 24.4 Å². The number of aryl methyl sites for hydroxylation is 1. The monoisotopic (exact) mass is 230 g/mol. The lowest BCUT2D eigenvalue weighted by Crippen LogP contribution is -2.14. The van der Waals surface area contributed by atoms with E-state index < -0.39 is 0 Å². The molecule has 0 spiro atoms. The summed E-state index contributed by atoms with van der Waals surface area (Å²) in [4.78, 5) is 4.26. The lowest BCUT2D eigenvalue weighted by atomic mass is 10.1. The van der Waals surface area contributed by atoms with Crippen molar-refractivity contribution < 1.29 is 0 Å². The third kappa shape index (κ3) is 4.43. The summed E-state index contributed by atoms with van der Waals surface area (Å²) in [5.41, 5.74) is 3.88. The van der Waals surface area contributed by atoms with Crippen molar-refractivity contribution >= 4 is 11.9 Å². The molecule has 0 saturated carbocycles. The molecule has 1 aromatic rings. The zero-order valence-corrected chi connectivity index (χ0v) is 11.0. The van der Waals surface area contributed by atoms with Gasteiger partial charge < -0.3 is 5.32 Å². The molecular formula is C15H22N2. The van der Waals surface area contributed by atoms with Gasteiger partial charge in [-0.1, -0.05) is 31.7 Å². The minimum absolute atomic E-state index is 0.520. The van der Waals surface area contributed by atoms with Gasteiger partial charge in [0.25, 0.3) is 0 Å². The summed E-state index contributed by atoms with van der Waals surface area (Å²) in [6.07, 6.45) is 3.47. The molecule has 0 aromatic heterocycles. The smallest absolute Gasteiger partial charge is 0.0431 e. The molecule has 0 bridgehead atoms. The van der Waals surface area contributed by atoms with Crippen LogP contribution < -0.4 is 5.32 Å². The lowest BCUT2D eigenvalue weighted by molar-refractivity contribution is 0.631. The maximum Gasteiger partial charge on any atom is 0.0431 e. The van der Waals surface area contributed by atoms with Crippen LogP contribution in [0.2, 0.25) is 0 Å². The number of hydrogen-bond acceptors (Lipinski definition) is 2. The van der Waals surface area contributed by atoms with E-state index in [0.29, 0.717) is 5.92 Å². The molecule has 0 aliphatic carbocycles. The van der Waals surface area contributed by atoms with E-state index in [4.69, 9.17) is 0 Å². The molecular weight excluding hydrogens is 208 g/mol. The van der Waals surface area contributed by atoms with Gasteiger partial charge in [0.2, 0.25) is 0 Å². The van der Waals surface area contributed by atoms with E-state index in [1.807, 2.05) is 0 Å². The summed E-state index contributed by atoms with van der Waals surface area (Å²) in [7, 11) is 0. The summed E-state index contributed by atoms with van der Waals surface area (Å²) in [5.74, 6) is 0.520. The third-order valence-corrected chi connectivity index (χ3v) is 2.87. The molecule has 2 heteroatoms. The molecule has 0 radical (unpaired) electrons. The third-order valence-electron chi connectivity index (χ3n) is 2.87. The fraction of sp³-hybridized carbons (Fsp3) is 0.400. The van der Waals surface area contributed by atoms with Crippen molar-refractivity contribution in [3.05, 3.63) is 42.0 Å². The SMILES string of the molecule is C=CC=NCC(C)CNc1cccc(C)c1C. The first-order chi connectivity index (χ1) is 8.15. The van der Waals surface area contributed by atoms with Gasteiger partial charge in [-0.15, -0.1) is 0 Å². The normalized spacial score (nSPS) is 12.6. The van der Waals surface area contributed by atoms with E-state index in [-0.39, 0.29) is 0 Å². The standard InChI is InChI=1S/C15H22N2/c1-5-9-16-10-12(2)11-17-15-8-6-7-13(3)14(15)4/h5-9,12,17H,1,10-11H2,2-4H3. The Balaban J connectivity index is 2.47. The molecule has 92 valence electrons. The predicted molar refractivity (Wildman–Crippen MR) is 77.1 cm³/mol. The number of anilines is 1. The molecule has 1 N–H and O–H groups in total. The molecule has 17 heavy (non-hydrogen) atoms. The van der Waals surface area contributed by atoms with Crippen LogP contribution in [0.4, 0.5) is 5.69 Å². The van der Waals surface area contributed by atoms with Gasteiger partial charge in [0.1, 0.15) is 0 Å². The molecule has 1 atom stereocenters. The Bertz CT molecular complexity index is 394. The molecule has 0 fully saturated rings. The highest BCUT2D eigenvalue weighted by Gasteiger charge is 2.03. The number of hydrogen-bond donors (Lipinski definition) is 1. The van der Waals surface area contributed by atoms with Crippen molar-refractivity contribution in [1.29, 1.82) is 0 Å². The molecule has 0 amide bonds. The number of aliphatic imine (C=N–C) groups is 1. The van der Waals surface area contributed by atoms with Crippen LogP contribution >= 0.6 is 0 Å². The van der Waals surface area contributed by atoms with Crippen molar-refractivity contribution in [2.24, 2.45) is 10.9 Å². The fourth-order valence-corrected chi connectivity index (χ4v) is 1.61. The second-order valence-corrected chi connectivity index (χ2v) is 4.48. The first-order valence-corrected chi connectivity index (χ1v) is 6.06. The largest absolute Gasteiger partial charge is 0.384 e. The van der Waals surface area contributed by atoms with E-state index in [1.165, 1.54) is 16.8 Å². The highest BCUT2D eigenvalue weighted by Crippen LogP contribution is 2.18. The van der Waals surface area contributed by atoms with Crippen molar-refractivity contribution in [3.63, 3.8) is 0 Å². The molecule has 1 rings (SSSR count). The van der Waals surface area contributed by atoms with Crippen LogP contribution in [0, 0.1) is 19.8 Å². The fourth-order valence-electron chi connectivity index (χ4n) is 1.61. The van der Waals surface area contributed by atoms with Gasteiger partial charge in [0, 0.05) is 25.0 Å². The first-order valence-electron chi connectivity index (χ1n) is 6.06. The quantitative estimate of drug-likeness (QED) is 0.742. The summed E-state index contributed by atoms with van der Waals surface area (Å²) in [6, 6.07) is 6.35. The van der Waals surface area contributed by atoms with E-state index in [1.54, 1.807) is 12.3 Å². The number of rotatable bonds is 6. The average molecular weight is 230 g/mol. The molecule has 0 heterocycles. The molecule has 1 unspecified atom stereocenters. The molecule has 0 saturated heterocycles. The maximum absolute atomic E-state index is 4.26. The van der Waals surface area contributed by atoms with Crippen LogP contribution in [0.3, 0.4) is 0 Å². The maximum atomic E-state index is 4.26. The number of allylic oxidation sites excluding steroid dienone is 1. The number of nitrogens with one attached hydrogen (secondary N) is 1. The highest BCUT2D eigenvalue weighted by molar-refractivity contribution is 5.69. The van der Waals surface area contributed by atoms with Crippen LogP contribution in [0.15, 0.2) is 35.8 Å². The zero-order chi connectivity index (χ0) is 12.7. The number of benzene rings is 1. The van der Waals surface area contributed by atoms with Crippen LogP contribution in [0.1, 0.15) is 18.1 Å². The Morgan fingerprint density at radius 1 is 1.41 bits per heavy atom. The van der Waals surface area contributed by atoms with Gasteiger partial charge in [-0.05, 0) is 37.0 Å². The van der Waals surface area contributed by atoms with Gasteiger partial charge in [-0.25, -0.2) is 0 Å². The van der Waals surface area contributed by atoms with E-state index >= 15 is 0 Å². The minimum atomic E-state index is 0.520. The van der Waals surface area contributed by atoms with Crippen molar-refractivity contribution in [1.82, 2.24) is 0 Å². The average Bonchev–Trinajstić information content (AvgIpc) is 2.31. The Kier molecular flexibility index (Phi) is 5.47. The summed E-state index contributed by atoms with van der Waals surface area (Å²) < 4.78 is 0. The Morgan fingerprint density at radius 3 is 2.88 bits per heavy atom. The minimum Gasteiger partial charge on any atom is -0.384 e. The van der Waals surface area contributed by atoms with Crippen LogP contribution in [0.25, 0.3) is 0 Å². The molecule has 0 aliphatic rings. The van der Waals surface area contributed by atoms with Crippen molar-refractivity contribution in [2.75, 3.05) is 18.4 Å². The van der Waals surface area contributed by atoms with Crippen molar-refractivity contribution in [2.45, 2.75) is 20.8 Å². The van der Waals surface area contributed by atoms with E-state index in [9.17, 15) is 0 Å². The molecule has 0 aliphatic heterocycles. The van der Waals surface area contributed by atoms with Gasteiger partial charge in [-0.2, -0.15) is 0 Å².